The van der Waals surface area contributed by atoms with Gasteiger partial charge < -0.3 is 20.9 Å². The van der Waals surface area contributed by atoms with Gasteiger partial charge in [-0.15, -0.1) is 0 Å². The van der Waals surface area contributed by atoms with Crippen molar-refractivity contribution in [1.29, 1.82) is 0 Å². The molecule has 0 fully saturated rings. The lowest BCUT2D eigenvalue weighted by Gasteiger charge is -2.10. The maximum Gasteiger partial charge on any atom is 0.241 e. The molecule has 1 aromatic rings. The average Bonchev–Trinajstić information content (AvgIpc) is 2.21. The van der Waals surface area contributed by atoms with Gasteiger partial charge >= 0.3 is 0 Å². The van der Waals surface area contributed by atoms with Gasteiger partial charge in [-0.05, 0) is 19.1 Å². The molecule has 0 aliphatic rings. The van der Waals surface area contributed by atoms with Gasteiger partial charge in [-0.3, -0.25) is 4.79 Å². The molecule has 4 N–H and O–H groups in total. The van der Waals surface area contributed by atoms with Crippen LogP contribution in [0.2, 0.25) is 0 Å². The van der Waals surface area contributed by atoms with Crippen LogP contribution in [0.15, 0.2) is 18.2 Å². The fraction of sp³-hybridized carbons (Fsp3) is 0.300. The quantitative estimate of drug-likeness (QED) is 0.641. The van der Waals surface area contributed by atoms with E-state index in [4.69, 9.17) is 10.5 Å². The molecule has 82 valence electrons. The zero-order chi connectivity index (χ0) is 11.4. The SMILES string of the molecule is COc1ccc(O)c(NC(=O)[C@@H](C)N)c1. The molecular formula is C10H14N2O3. The van der Waals surface area contributed by atoms with Crippen LogP contribution in [0.4, 0.5) is 5.69 Å². The number of benzene rings is 1. The summed E-state index contributed by atoms with van der Waals surface area (Å²) in [6.45, 7) is 1.56. The van der Waals surface area contributed by atoms with Gasteiger partial charge in [-0.1, -0.05) is 0 Å². The highest BCUT2D eigenvalue weighted by Crippen LogP contribution is 2.27. The predicted octanol–water partition coefficient (Wildman–Crippen LogP) is 0.687. The number of methoxy groups -OCH3 is 1. The molecule has 0 bridgehead atoms. The van der Waals surface area contributed by atoms with Crippen molar-refractivity contribution in [2.24, 2.45) is 5.73 Å². The molecule has 1 amide bonds. The van der Waals surface area contributed by atoms with Crippen LogP contribution in [-0.4, -0.2) is 24.2 Å². The Morgan fingerprint density at radius 1 is 1.60 bits per heavy atom. The molecule has 0 aliphatic carbocycles. The first-order chi connectivity index (χ1) is 7.04. The minimum absolute atomic E-state index is 0.0233. The van der Waals surface area contributed by atoms with Crippen molar-refractivity contribution in [3.05, 3.63) is 18.2 Å². The average molecular weight is 210 g/mol. The van der Waals surface area contributed by atoms with Crippen molar-refractivity contribution in [2.45, 2.75) is 13.0 Å². The highest BCUT2D eigenvalue weighted by molar-refractivity contribution is 5.95. The van der Waals surface area contributed by atoms with Gasteiger partial charge in [0.25, 0.3) is 0 Å². The van der Waals surface area contributed by atoms with E-state index in [0.29, 0.717) is 5.75 Å². The molecule has 1 rings (SSSR count). The molecule has 15 heavy (non-hydrogen) atoms. The van der Waals surface area contributed by atoms with Crippen LogP contribution < -0.4 is 15.8 Å². The molecule has 0 spiro atoms. The van der Waals surface area contributed by atoms with Crippen molar-refractivity contribution in [2.75, 3.05) is 12.4 Å². The van der Waals surface area contributed by atoms with Gasteiger partial charge in [0.15, 0.2) is 0 Å². The summed E-state index contributed by atoms with van der Waals surface area (Å²) in [5, 5.41) is 11.9. The van der Waals surface area contributed by atoms with Gasteiger partial charge in [0, 0.05) is 6.07 Å². The summed E-state index contributed by atoms with van der Waals surface area (Å²) in [5.41, 5.74) is 5.67. The number of nitrogens with one attached hydrogen (secondary N) is 1. The zero-order valence-electron chi connectivity index (χ0n) is 8.65. The Morgan fingerprint density at radius 3 is 2.80 bits per heavy atom. The van der Waals surface area contributed by atoms with E-state index in [0.717, 1.165) is 0 Å². The van der Waals surface area contributed by atoms with E-state index in [1.165, 1.54) is 19.2 Å². The first-order valence-electron chi connectivity index (χ1n) is 4.48. The van der Waals surface area contributed by atoms with E-state index in [-0.39, 0.29) is 17.3 Å². The lowest BCUT2D eigenvalue weighted by molar-refractivity contribution is -0.117. The molecule has 0 saturated heterocycles. The molecule has 0 heterocycles. The van der Waals surface area contributed by atoms with Gasteiger partial charge in [-0.2, -0.15) is 0 Å². The maximum atomic E-state index is 11.3. The highest BCUT2D eigenvalue weighted by atomic mass is 16.5. The number of phenolic OH excluding ortho intramolecular Hbond substituents is 1. The third kappa shape index (κ3) is 2.85. The normalized spacial score (nSPS) is 11.9. The standard InChI is InChI=1S/C10H14N2O3/c1-6(11)10(14)12-8-5-7(15-2)3-4-9(8)13/h3-6,13H,11H2,1-2H3,(H,12,14)/t6-/m1/s1. The summed E-state index contributed by atoms with van der Waals surface area (Å²) in [4.78, 5) is 11.3. The number of phenols is 1. The number of ether oxygens (including phenoxy) is 1. The van der Waals surface area contributed by atoms with Gasteiger partial charge in [0.05, 0.1) is 18.8 Å². The Bertz CT molecular complexity index is 364. The van der Waals surface area contributed by atoms with E-state index in [2.05, 4.69) is 5.32 Å². The number of aromatic hydroxyl groups is 1. The van der Waals surface area contributed by atoms with Crippen molar-refractivity contribution in [3.8, 4) is 11.5 Å². The molecule has 5 heteroatoms. The summed E-state index contributed by atoms with van der Waals surface area (Å²) in [5.74, 6) is 0.163. The molecular weight excluding hydrogens is 196 g/mol. The molecule has 1 atom stereocenters. The Kier molecular flexibility index (Phi) is 3.51. The van der Waals surface area contributed by atoms with Crippen LogP contribution in [0.5, 0.6) is 11.5 Å². The van der Waals surface area contributed by atoms with Crippen LogP contribution in [-0.2, 0) is 4.79 Å². The van der Waals surface area contributed by atoms with Crippen LogP contribution in [0.3, 0.4) is 0 Å². The lowest BCUT2D eigenvalue weighted by atomic mass is 10.2. The van der Waals surface area contributed by atoms with Crippen molar-refractivity contribution in [1.82, 2.24) is 0 Å². The number of carbonyl (C=O) groups is 1. The summed E-state index contributed by atoms with van der Waals surface area (Å²) in [7, 11) is 1.50. The highest BCUT2D eigenvalue weighted by Gasteiger charge is 2.10. The Labute approximate surface area is 87.9 Å². The third-order valence-electron chi connectivity index (χ3n) is 1.88. The number of hydrogen-bond donors (Lipinski definition) is 3. The van der Waals surface area contributed by atoms with Crippen molar-refractivity contribution in [3.63, 3.8) is 0 Å². The van der Waals surface area contributed by atoms with Gasteiger partial charge in [0.2, 0.25) is 5.91 Å². The summed E-state index contributed by atoms with van der Waals surface area (Å²) in [6.07, 6.45) is 0. The molecule has 1 aromatic carbocycles. The predicted molar refractivity (Wildman–Crippen MR) is 56.9 cm³/mol. The minimum Gasteiger partial charge on any atom is -0.506 e. The molecule has 0 unspecified atom stereocenters. The summed E-state index contributed by atoms with van der Waals surface area (Å²) < 4.78 is 4.96. The lowest BCUT2D eigenvalue weighted by Crippen LogP contribution is -2.32. The Morgan fingerprint density at radius 2 is 2.27 bits per heavy atom. The second-order valence-electron chi connectivity index (χ2n) is 3.16. The minimum atomic E-state index is -0.629. The van der Waals surface area contributed by atoms with E-state index < -0.39 is 6.04 Å². The second-order valence-corrected chi connectivity index (χ2v) is 3.16. The second kappa shape index (κ2) is 4.65. The number of nitrogens with two attached hydrogens (primary N) is 1. The topological polar surface area (TPSA) is 84.6 Å². The largest absolute Gasteiger partial charge is 0.506 e. The smallest absolute Gasteiger partial charge is 0.241 e. The van der Waals surface area contributed by atoms with Gasteiger partial charge in [0.1, 0.15) is 11.5 Å². The van der Waals surface area contributed by atoms with Crippen LogP contribution in [0.25, 0.3) is 0 Å². The monoisotopic (exact) mass is 210 g/mol. The Hall–Kier alpha value is -1.75. The Balaban J connectivity index is 2.88. The van der Waals surface area contributed by atoms with Crippen LogP contribution in [0, 0.1) is 0 Å². The van der Waals surface area contributed by atoms with E-state index in [1.54, 1.807) is 13.0 Å². The number of carbonyl (C=O) groups excluding carboxylic acids is 1. The summed E-state index contributed by atoms with van der Waals surface area (Å²) >= 11 is 0. The van der Waals surface area contributed by atoms with Crippen LogP contribution in [0.1, 0.15) is 6.92 Å². The van der Waals surface area contributed by atoms with Crippen LogP contribution >= 0.6 is 0 Å². The van der Waals surface area contributed by atoms with E-state index in [1.807, 2.05) is 0 Å². The first kappa shape index (κ1) is 11.3. The fourth-order valence-electron chi connectivity index (χ4n) is 0.989. The third-order valence-corrected chi connectivity index (χ3v) is 1.88. The molecule has 0 radical (unpaired) electrons. The summed E-state index contributed by atoms with van der Waals surface area (Å²) in [6, 6.07) is 3.93. The molecule has 5 nitrogen and oxygen atoms in total. The van der Waals surface area contributed by atoms with E-state index >= 15 is 0 Å². The maximum absolute atomic E-state index is 11.3. The molecule has 0 saturated carbocycles. The molecule has 0 aliphatic heterocycles. The zero-order valence-corrected chi connectivity index (χ0v) is 8.65. The van der Waals surface area contributed by atoms with Crippen molar-refractivity contribution >= 4 is 11.6 Å². The van der Waals surface area contributed by atoms with E-state index in [9.17, 15) is 9.90 Å². The molecule has 0 aromatic heterocycles. The van der Waals surface area contributed by atoms with Crippen molar-refractivity contribution < 1.29 is 14.6 Å². The fourth-order valence-corrected chi connectivity index (χ4v) is 0.989. The number of hydrogen-bond acceptors (Lipinski definition) is 4. The first-order valence-corrected chi connectivity index (χ1v) is 4.48. The number of anilines is 1. The number of amides is 1. The van der Waals surface area contributed by atoms with Gasteiger partial charge in [-0.25, -0.2) is 0 Å². The number of rotatable bonds is 3.